The average molecular weight is 392 g/mol. The summed E-state index contributed by atoms with van der Waals surface area (Å²) in [5.74, 6) is -1.39. The third-order valence-corrected chi connectivity index (χ3v) is 4.97. The van der Waals surface area contributed by atoms with Gasteiger partial charge >= 0.3 is 0 Å². The topological polar surface area (TPSA) is 49.4 Å². The van der Waals surface area contributed by atoms with Gasteiger partial charge in [0, 0.05) is 17.8 Å². The van der Waals surface area contributed by atoms with Crippen LogP contribution in [0.5, 0.6) is 0 Å². The van der Waals surface area contributed by atoms with Gasteiger partial charge in [-0.15, -0.1) is 0 Å². The minimum absolute atomic E-state index is 0.0398. The lowest BCUT2D eigenvalue weighted by Crippen LogP contribution is -2.32. The molecule has 0 radical (unpaired) electrons. The normalized spacial score (nSPS) is 13.9. The molecule has 0 fully saturated rings. The first-order valence-electron chi connectivity index (χ1n) is 9.21. The summed E-state index contributed by atoms with van der Waals surface area (Å²) >= 11 is 0. The number of rotatable bonds is 5. The molecule has 1 heterocycles. The molecule has 0 saturated carbocycles. The maximum atomic E-state index is 13.4. The molecular formula is C23H18F2N2O2. The number of nitrogens with one attached hydrogen (secondary N) is 1. The average Bonchev–Trinajstić information content (AvgIpc) is 3.04. The van der Waals surface area contributed by atoms with Gasteiger partial charge in [-0.2, -0.15) is 0 Å². The van der Waals surface area contributed by atoms with Gasteiger partial charge in [-0.25, -0.2) is 8.78 Å². The Morgan fingerprint density at radius 1 is 0.966 bits per heavy atom. The molecule has 3 aromatic carbocycles. The van der Waals surface area contributed by atoms with E-state index < -0.39 is 17.7 Å². The van der Waals surface area contributed by atoms with Crippen LogP contribution in [0.2, 0.25) is 0 Å². The largest absolute Gasteiger partial charge is 0.327 e. The van der Waals surface area contributed by atoms with Gasteiger partial charge < -0.3 is 10.2 Å². The Kier molecular flexibility index (Phi) is 5.08. The minimum atomic E-state index is -0.580. The summed E-state index contributed by atoms with van der Waals surface area (Å²) in [7, 11) is 0. The van der Waals surface area contributed by atoms with Crippen molar-refractivity contribution in [3.8, 4) is 0 Å². The van der Waals surface area contributed by atoms with E-state index in [0.29, 0.717) is 23.4 Å². The fourth-order valence-corrected chi connectivity index (χ4v) is 3.58. The highest BCUT2D eigenvalue weighted by molar-refractivity contribution is 5.99. The van der Waals surface area contributed by atoms with Crippen molar-refractivity contribution in [1.29, 1.82) is 0 Å². The number of halogens is 2. The molecule has 0 aromatic heterocycles. The molecule has 0 unspecified atom stereocenters. The summed E-state index contributed by atoms with van der Waals surface area (Å²) in [4.78, 5) is 27.2. The SMILES string of the molecule is O=C(C[C@@H](c1ccc(F)cc1)N1Cc2ccccc2C1=O)Nc1cccc(F)c1. The molecule has 2 amide bonds. The molecule has 3 aromatic rings. The maximum Gasteiger partial charge on any atom is 0.255 e. The van der Waals surface area contributed by atoms with Crippen molar-refractivity contribution in [2.45, 2.75) is 19.0 Å². The lowest BCUT2D eigenvalue weighted by Gasteiger charge is -2.28. The van der Waals surface area contributed by atoms with Gasteiger partial charge in [0.05, 0.1) is 12.5 Å². The highest BCUT2D eigenvalue weighted by Crippen LogP contribution is 2.33. The number of amides is 2. The van der Waals surface area contributed by atoms with E-state index in [-0.39, 0.29) is 18.2 Å². The Labute approximate surface area is 166 Å². The molecule has 29 heavy (non-hydrogen) atoms. The highest BCUT2D eigenvalue weighted by atomic mass is 19.1. The smallest absolute Gasteiger partial charge is 0.255 e. The molecule has 1 aliphatic rings. The van der Waals surface area contributed by atoms with Gasteiger partial charge in [-0.3, -0.25) is 9.59 Å². The van der Waals surface area contributed by atoms with Crippen molar-refractivity contribution >= 4 is 17.5 Å². The lowest BCUT2D eigenvalue weighted by atomic mass is 10.0. The monoisotopic (exact) mass is 392 g/mol. The second kappa shape index (κ2) is 7.83. The van der Waals surface area contributed by atoms with Crippen LogP contribution in [-0.4, -0.2) is 16.7 Å². The summed E-state index contributed by atoms with van der Waals surface area (Å²) in [5, 5.41) is 2.66. The number of hydrogen-bond donors (Lipinski definition) is 1. The Hall–Kier alpha value is -3.54. The summed E-state index contributed by atoms with van der Waals surface area (Å²) < 4.78 is 26.8. The Bertz CT molecular complexity index is 1070. The van der Waals surface area contributed by atoms with Crippen LogP contribution in [-0.2, 0) is 11.3 Å². The van der Waals surface area contributed by atoms with Gasteiger partial charge in [0.15, 0.2) is 0 Å². The fourth-order valence-electron chi connectivity index (χ4n) is 3.58. The third kappa shape index (κ3) is 4.01. The second-order valence-corrected chi connectivity index (χ2v) is 6.92. The number of benzene rings is 3. The van der Waals surface area contributed by atoms with Crippen molar-refractivity contribution in [1.82, 2.24) is 4.90 Å². The number of carbonyl (C=O) groups is 2. The van der Waals surface area contributed by atoms with Crippen molar-refractivity contribution in [3.63, 3.8) is 0 Å². The molecule has 0 aliphatic carbocycles. The summed E-state index contributed by atoms with van der Waals surface area (Å²) in [5.41, 5.74) is 2.48. The molecule has 1 aliphatic heterocycles. The minimum Gasteiger partial charge on any atom is -0.327 e. The molecule has 1 atom stereocenters. The van der Waals surface area contributed by atoms with E-state index in [9.17, 15) is 18.4 Å². The molecule has 0 saturated heterocycles. The second-order valence-electron chi connectivity index (χ2n) is 6.92. The van der Waals surface area contributed by atoms with Crippen molar-refractivity contribution in [2.75, 3.05) is 5.32 Å². The number of hydrogen-bond acceptors (Lipinski definition) is 2. The van der Waals surface area contributed by atoms with Gasteiger partial charge in [-0.05, 0) is 47.5 Å². The van der Waals surface area contributed by atoms with Gasteiger partial charge in [-0.1, -0.05) is 36.4 Å². The number of fused-ring (bicyclic) bond motifs is 1. The Balaban J connectivity index is 1.60. The van der Waals surface area contributed by atoms with Crippen LogP contribution in [0.25, 0.3) is 0 Å². The number of carbonyl (C=O) groups excluding carboxylic acids is 2. The summed E-state index contributed by atoms with van der Waals surface area (Å²) in [6.45, 7) is 0.365. The summed E-state index contributed by atoms with van der Waals surface area (Å²) in [6, 6.07) is 18.1. The Morgan fingerprint density at radius 2 is 1.72 bits per heavy atom. The van der Waals surface area contributed by atoms with Crippen LogP contribution in [0.3, 0.4) is 0 Å². The molecule has 0 spiro atoms. The molecule has 146 valence electrons. The first-order chi connectivity index (χ1) is 14.0. The van der Waals surface area contributed by atoms with Gasteiger partial charge in [0.1, 0.15) is 11.6 Å². The van der Waals surface area contributed by atoms with Crippen LogP contribution in [0, 0.1) is 11.6 Å². The Morgan fingerprint density at radius 3 is 2.45 bits per heavy atom. The number of anilines is 1. The fraction of sp³-hybridized carbons (Fsp3) is 0.130. The van der Waals surface area contributed by atoms with Gasteiger partial charge in [0.25, 0.3) is 5.91 Å². The standard InChI is InChI=1S/C23H18F2N2O2/c24-17-10-8-15(9-11-17)21(13-22(28)26-19-6-3-5-18(25)12-19)27-14-16-4-1-2-7-20(16)23(27)29/h1-12,21H,13-14H2,(H,26,28)/t21-/m0/s1. The van der Waals surface area contributed by atoms with E-state index in [1.165, 1.54) is 30.3 Å². The third-order valence-electron chi connectivity index (χ3n) is 4.97. The van der Waals surface area contributed by atoms with Crippen LogP contribution in [0.1, 0.15) is 33.9 Å². The van der Waals surface area contributed by atoms with E-state index in [1.54, 1.807) is 35.2 Å². The predicted molar refractivity (Wildman–Crippen MR) is 105 cm³/mol. The first kappa shape index (κ1) is 18.8. The van der Waals surface area contributed by atoms with E-state index in [4.69, 9.17) is 0 Å². The highest BCUT2D eigenvalue weighted by Gasteiger charge is 2.34. The van der Waals surface area contributed by atoms with E-state index in [1.807, 2.05) is 12.1 Å². The quantitative estimate of drug-likeness (QED) is 0.685. The zero-order chi connectivity index (χ0) is 20.4. The van der Waals surface area contributed by atoms with Crippen LogP contribution < -0.4 is 5.32 Å². The molecular weight excluding hydrogens is 374 g/mol. The van der Waals surface area contributed by atoms with Crippen molar-refractivity contribution < 1.29 is 18.4 Å². The number of nitrogens with zero attached hydrogens (tertiary/aromatic N) is 1. The van der Waals surface area contributed by atoms with Crippen molar-refractivity contribution in [3.05, 3.63) is 101 Å². The van der Waals surface area contributed by atoms with Crippen molar-refractivity contribution in [2.24, 2.45) is 0 Å². The van der Waals surface area contributed by atoms with E-state index in [2.05, 4.69) is 5.32 Å². The summed E-state index contributed by atoms with van der Waals surface area (Å²) in [6.07, 6.45) is -0.0398. The van der Waals surface area contributed by atoms with Crippen LogP contribution in [0.4, 0.5) is 14.5 Å². The zero-order valence-electron chi connectivity index (χ0n) is 15.4. The molecule has 0 bridgehead atoms. The first-order valence-corrected chi connectivity index (χ1v) is 9.21. The predicted octanol–water partition coefficient (Wildman–Crippen LogP) is 4.69. The molecule has 6 heteroatoms. The van der Waals surface area contributed by atoms with Crippen LogP contribution >= 0.6 is 0 Å². The maximum absolute atomic E-state index is 13.4. The van der Waals surface area contributed by atoms with E-state index in [0.717, 1.165) is 5.56 Å². The zero-order valence-corrected chi connectivity index (χ0v) is 15.4. The van der Waals surface area contributed by atoms with Gasteiger partial charge in [0.2, 0.25) is 5.91 Å². The molecule has 4 rings (SSSR count). The van der Waals surface area contributed by atoms with E-state index >= 15 is 0 Å². The lowest BCUT2D eigenvalue weighted by molar-refractivity contribution is -0.117. The molecule has 4 nitrogen and oxygen atoms in total. The molecule has 1 N–H and O–H groups in total. The van der Waals surface area contributed by atoms with Crippen LogP contribution in [0.15, 0.2) is 72.8 Å².